The van der Waals surface area contributed by atoms with Crippen molar-refractivity contribution in [1.82, 2.24) is 9.47 Å². The predicted molar refractivity (Wildman–Crippen MR) is 101 cm³/mol. The molecule has 1 N–H and O–H groups in total. The highest BCUT2D eigenvalue weighted by Crippen LogP contribution is 2.42. The molecular formula is C21H24N2O4. The lowest BCUT2D eigenvalue weighted by atomic mass is 9.76. The summed E-state index contributed by atoms with van der Waals surface area (Å²) in [6.07, 6.45) is 1.72. The van der Waals surface area contributed by atoms with Gasteiger partial charge in [0.05, 0.1) is 13.7 Å². The highest BCUT2D eigenvalue weighted by atomic mass is 16.5. The van der Waals surface area contributed by atoms with Crippen LogP contribution < -0.4 is 10.3 Å². The Morgan fingerprint density at radius 1 is 1.22 bits per heavy atom. The van der Waals surface area contributed by atoms with Gasteiger partial charge in [0.2, 0.25) is 0 Å². The first-order chi connectivity index (χ1) is 13.0. The molecule has 1 fully saturated rings. The second-order valence-electron chi connectivity index (χ2n) is 7.56. The number of aliphatic carboxylic acids is 1. The molecule has 6 heteroatoms. The Balaban J connectivity index is 1.71. The van der Waals surface area contributed by atoms with E-state index in [1.807, 2.05) is 39.8 Å². The lowest BCUT2D eigenvalue weighted by Crippen LogP contribution is -2.50. The Morgan fingerprint density at radius 3 is 2.81 bits per heavy atom. The number of fused-ring (bicyclic) bond motifs is 4. The van der Waals surface area contributed by atoms with Gasteiger partial charge in [0.25, 0.3) is 5.56 Å². The van der Waals surface area contributed by atoms with Crippen LogP contribution in [0.3, 0.4) is 0 Å². The maximum absolute atomic E-state index is 12.7. The lowest BCUT2D eigenvalue weighted by molar-refractivity contribution is -0.139. The van der Waals surface area contributed by atoms with Crippen molar-refractivity contribution >= 4 is 5.97 Å². The quantitative estimate of drug-likeness (QED) is 0.876. The molecule has 6 nitrogen and oxygen atoms in total. The minimum atomic E-state index is -0.801. The van der Waals surface area contributed by atoms with E-state index >= 15 is 0 Å². The van der Waals surface area contributed by atoms with Crippen LogP contribution in [0.5, 0.6) is 5.75 Å². The monoisotopic (exact) mass is 368 g/mol. The minimum Gasteiger partial charge on any atom is -0.497 e. The Kier molecular flexibility index (Phi) is 4.74. The molecule has 2 aliphatic heterocycles. The number of pyridine rings is 1. The Morgan fingerprint density at radius 2 is 2.04 bits per heavy atom. The van der Waals surface area contributed by atoms with Crippen molar-refractivity contribution in [3.8, 4) is 5.75 Å². The summed E-state index contributed by atoms with van der Waals surface area (Å²) in [5.74, 6) is 0.461. The van der Waals surface area contributed by atoms with E-state index in [1.54, 1.807) is 13.2 Å². The van der Waals surface area contributed by atoms with Crippen molar-refractivity contribution < 1.29 is 14.6 Å². The van der Waals surface area contributed by atoms with E-state index in [0.29, 0.717) is 13.1 Å². The molecule has 2 aromatic rings. The molecule has 2 aliphatic rings. The van der Waals surface area contributed by atoms with Gasteiger partial charge in [0.15, 0.2) is 0 Å². The molecule has 4 rings (SSSR count). The number of carboxylic acid groups (broad SMARTS) is 1. The standard InChI is InChI=1S/C21H24N2O4/c1-27-17-5-2-4-14(8-17)9-19-16-10-15(11-22(12-16)13-21(25)26)18-6-3-7-20(24)23(18)19/h2-8,15-16,19H,9-13H2,1H3,(H,25,26)/t15-,16+,19+/m1/s1. The minimum absolute atomic E-state index is 0.0219. The molecule has 0 spiro atoms. The second kappa shape index (κ2) is 7.19. The van der Waals surface area contributed by atoms with Crippen molar-refractivity contribution in [1.29, 1.82) is 0 Å². The van der Waals surface area contributed by atoms with Crippen LogP contribution in [0.15, 0.2) is 47.3 Å². The summed E-state index contributed by atoms with van der Waals surface area (Å²) in [5, 5.41) is 9.22. The number of nitrogens with zero attached hydrogens (tertiary/aromatic N) is 2. The average molecular weight is 368 g/mol. The lowest BCUT2D eigenvalue weighted by Gasteiger charge is -2.46. The molecule has 0 aliphatic carbocycles. The van der Waals surface area contributed by atoms with E-state index in [-0.39, 0.29) is 30.0 Å². The number of piperidine rings is 1. The topological polar surface area (TPSA) is 71.8 Å². The smallest absolute Gasteiger partial charge is 0.317 e. The largest absolute Gasteiger partial charge is 0.497 e. The number of rotatable bonds is 5. The van der Waals surface area contributed by atoms with Crippen molar-refractivity contribution in [2.75, 3.05) is 26.7 Å². The number of likely N-dealkylation sites (tertiary alicyclic amines) is 1. The molecule has 3 heterocycles. The third kappa shape index (κ3) is 3.49. The number of hydrogen-bond acceptors (Lipinski definition) is 4. The molecule has 27 heavy (non-hydrogen) atoms. The van der Waals surface area contributed by atoms with Crippen LogP contribution in [-0.2, 0) is 11.2 Å². The first-order valence-electron chi connectivity index (χ1n) is 9.33. The summed E-state index contributed by atoms with van der Waals surface area (Å²) in [6, 6.07) is 13.4. The van der Waals surface area contributed by atoms with Crippen LogP contribution in [0, 0.1) is 5.92 Å². The van der Waals surface area contributed by atoms with E-state index in [9.17, 15) is 14.7 Å². The number of aromatic nitrogens is 1. The zero-order valence-electron chi connectivity index (χ0n) is 15.4. The van der Waals surface area contributed by atoms with Gasteiger partial charge in [0.1, 0.15) is 5.75 Å². The summed E-state index contributed by atoms with van der Waals surface area (Å²) >= 11 is 0. The zero-order chi connectivity index (χ0) is 19.0. The van der Waals surface area contributed by atoms with Crippen LogP contribution in [-0.4, -0.2) is 47.3 Å². The van der Waals surface area contributed by atoms with Gasteiger partial charge in [-0.1, -0.05) is 18.2 Å². The molecule has 0 amide bonds. The number of methoxy groups -OCH3 is 1. The van der Waals surface area contributed by atoms with E-state index in [1.165, 1.54) is 0 Å². The molecule has 0 radical (unpaired) electrons. The number of carboxylic acids is 1. The van der Waals surface area contributed by atoms with E-state index in [0.717, 1.165) is 29.8 Å². The first kappa shape index (κ1) is 17.8. The summed E-state index contributed by atoms with van der Waals surface area (Å²) in [4.78, 5) is 25.9. The fourth-order valence-corrected chi connectivity index (χ4v) is 4.76. The predicted octanol–water partition coefficient (Wildman–Crippen LogP) is 2.14. The van der Waals surface area contributed by atoms with Crippen LogP contribution in [0.4, 0.5) is 0 Å². The highest BCUT2D eigenvalue weighted by Gasteiger charge is 2.40. The van der Waals surface area contributed by atoms with Crippen LogP contribution >= 0.6 is 0 Å². The van der Waals surface area contributed by atoms with Crippen molar-refractivity contribution in [2.45, 2.75) is 24.8 Å². The van der Waals surface area contributed by atoms with Crippen LogP contribution in [0.1, 0.15) is 29.6 Å². The zero-order valence-corrected chi connectivity index (χ0v) is 15.4. The third-order valence-corrected chi connectivity index (χ3v) is 5.81. The van der Waals surface area contributed by atoms with Gasteiger partial charge in [0, 0.05) is 36.8 Å². The van der Waals surface area contributed by atoms with Gasteiger partial charge in [-0.2, -0.15) is 0 Å². The number of carbonyl (C=O) groups is 1. The fourth-order valence-electron chi connectivity index (χ4n) is 4.76. The molecular weight excluding hydrogens is 344 g/mol. The normalized spacial score (nSPS) is 24.3. The van der Waals surface area contributed by atoms with Gasteiger partial charge in [-0.15, -0.1) is 0 Å². The second-order valence-corrected chi connectivity index (χ2v) is 7.56. The van der Waals surface area contributed by atoms with Crippen molar-refractivity contribution in [3.05, 3.63) is 64.1 Å². The Labute approximate surface area is 158 Å². The van der Waals surface area contributed by atoms with Crippen LogP contribution in [0.2, 0.25) is 0 Å². The van der Waals surface area contributed by atoms with Gasteiger partial charge in [-0.25, -0.2) is 0 Å². The SMILES string of the molecule is COc1cccc(C[C@H]2[C@H]3C[C@H](CN(CC(=O)O)C3)c3cccc(=O)n32)c1. The summed E-state index contributed by atoms with van der Waals surface area (Å²) in [6.45, 7) is 1.45. The number of ether oxygens (including phenoxy) is 1. The molecule has 1 saturated heterocycles. The molecule has 3 atom stereocenters. The van der Waals surface area contributed by atoms with Gasteiger partial charge < -0.3 is 14.4 Å². The van der Waals surface area contributed by atoms with Crippen molar-refractivity contribution in [3.63, 3.8) is 0 Å². The Hall–Kier alpha value is -2.60. The average Bonchev–Trinajstić information content (AvgIpc) is 2.65. The molecule has 1 aromatic heterocycles. The fraction of sp³-hybridized carbons (Fsp3) is 0.429. The third-order valence-electron chi connectivity index (χ3n) is 5.81. The van der Waals surface area contributed by atoms with E-state index in [2.05, 4.69) is 6.07 Å². The van der Waals surface area contributed by atoms with Gasteiger partial charge in [-0.3, -0.25) is 14.5 Å². The summed E-state index contributed by atoms with van der Waals surface area (Å²) in [5.41, 5.74) is 2.18. The molecule has 0 saturated carbocycles. The Bertz CT molecular complexity index is 907. The molecule has 2 bridgehead atoms. The van der Waals surface area contributed by atoms with Crippen LogP contribution in [0.25, 0.3) is 0 Å². The van der Waals surface area contributed by atoms with Crippen molar-refractivity contribution in [2.24, 2.45) is 5.92 Å². The number of benzene rings is 1. The van der Waals surface area contributed by atoms with E-state index in [4.69, 9.17) is 4.74 Å². The first-order valence-corrected chi connectivity index (χ1v) is 9.33. The summed E-state index contributed by atoms with van der Waals surface area (Å²) < 4.78 is 7.29. The maximum Gasteiger partial charge on any atom is 0.317 e. The summed E-state index contributed by atoms with van der Waals surface area (Å²) in [7, 11) is 1.65. The molecule has 142 valence electrons. The molecule has 0 unspecified atom stereocenters. The maximum atomic E-state index is 12.7. The van der Waals surface area contributed by atoms with E-state index < -0.39 is 5.97 Å². The highest BCUT2D eigenvalue weighted by molar-refractivity contribution is 5.69. The van der Waals surface area contributed by atoms with Gasteiger partial charge >= 0.3 is 5.97 Å². The van der Waals surface area contributed by atoms with Gasteiger partial charge in [-0.05, 0) is 42.5 Å². The molecule has 1 aromatic carbocycles. The number of hydrogen-bond donors (Lipinski definition) is 1.